The second kappa shape index (κ2) is 6.06. The Balaban J connectivity index is 0.000000956. The molecule has 0 amide bonds. The van der Waals surface area contributed by atoms with Crippen molar-refractivity contribution in [2.75, 3.05) is 0 Å². The maximum Gasteiger partial charge on any atom is 0.497 e. The fraction of sp³-hybridized carbons (Fsp3) is 0.533. The number of carbonyl (C=O) groups excluding carboxylic acids is 1. The van der Waals surface area contributed by atoms with Crippen LogP contribution in [0.4, 0.5) is 4.39 Å². The van der Waals surface area contributed by atoms with Crippen molar-refractivity contribution in [3.8, 4) is 0 Å². The molecular formula is C15H22BFO3. The second-order valence-electron chi connectivity index (χ2n) is 5.49. The SMILES string of the molecule is CC.CC1(C)OB(c2ccc(C=O)cc2F)OC1(C)C. The zero-order valence-electron chi connectivity index (χ0n) is 13.0. The van der Waals surface area contributed by atoms with Gasteiger partial charge in [-0.05, 0) is 33.8 Å². The van der Waals surface area contributed by atoms with Gasteiger partial charge in [0.05, 0.1) is 11.2 Å². The average Bonchev–Trinajstić information content (AvgIpc) is 2.60. The third kappa shape index (κ3) is 3.10. The van der Waals surface area contributed by atoms with Gasteiger partial charge in [-0.25, -0.2) is 4.39 Å². The molecule has 0 aromatic heterocycles. The summed E-state index contributed by atoms with van der Waals surface area (Å²) in [5, 5.41) is 0. The quantitative estimate of drug-likeness (QED) is 0.617. The first-order chi connectivity index (χ1) is 9.27. The summed E-state index contributed by atoms with van der Waals surface area (Å²) >= 11 is 0. The minimum atomic E-state index is -0.740. The standard InChI is InChI=1S/C13H16BFO3.C2H6/c1-12(2)13(3,4)18-14(17-12)10-6-5-9(8-16)7-11(10)15;1-2/h5-8H,1-4H3;1-2H3. The first-order valence-corrected chi connectivity index (χ1v) is 6.87. The van der Waals surface area contributed by atoms with Crippen molar-refractivity contribution in [1.29, 1.82) is 0 Å². The lowest BCUT2D eigenvalue weighted by molar-refractivity contribution is 0.00578. The van der Waals surface area contributed by atoms with Crippen LogP contribution in [0.15, 0.2) is 18.2 Å². The summed E-state index contributed by atoms with van der Waals surface area (Å²) in [6.45, 7) is 11.6. The Morgan fingerprint density at radius 1 is 1.10 bits per heavy atom. The van der Waals surface area contributed by atoms with Crippen LogP contribution < -0.4 is 5.46 Å². The molecule has 1 aromatic rings. The monoisotopic (exact) mass is 280 g/mol. The zero-order chi connectivity index (χ0) is 15.6. The van der Waals surface area contributed by atoms with E-state index in [2.05, 4.69) is 0 Å². The maximum absolute atomic E-state index is 13.9. The van der Waals surface area contributed by atoms with E-state index < -0.39 is 24.1 Å². The van der Waals surface area contributed by atoms with Gasteiger partial charge in [-0.2, -0.15) is 0 Å². The number of hydrogen-bond donors (Lipinski definition) is 0. The van der Waals surface area contributed by atoms with Crippen LogP contribution in [0.2, 0.25) is 0 Å². The highest BCUT2D eigenvalue weighted by molar-refractivity contribution is 6.62. The summed E-state index contributed by atoms with van der Waals surface area (Å²) in [6, 6.07) is 4.27. The van der Waals surface area contributed by atoms with Crippen molar-refractivity contribution in [2.24, 2.45) is 0 Å². The lowest BCUT2D eigenvalue weighted by atomic mass is 9.78. The molecule has 0 atom stereocenters. The van der Waals surface area contributed by atoms with E-state index in [4.69, 9.17) is 9.31 Å². The van der Waals surface area contributed by atoms with Crippen LogP contribution in [-0.2, 0) is 9.31 Å². The molecule has 20 heavy (non-hydrogen) atoms. The largest absolute Gasteiger partial charge is 0.497 e. The molecule has 0 N–H and O–H groups in total. The van der Waals surface area contributed by atoms with Crippen molar-refractivity contribution >= 4 is 18.9 Å². The third-order valence-electron chi connectivity index (χ3n) is 3.67. The summed E-state index contributed by atoms with van der Waals surface area (Å²) in [5.74, 6) is -0.488. The molecule has 1 aromatic carbocycles. The first kappa shape index (κ1) is 16.9. The summed E-state index contributed by atoms with van der Waals surface area (Å²) in [7, 11) is -0.740. The van der Waals surface area contributed by atoms with Crippen LogP contribution in [0.1, 0.15) is 51.9 Å². The predicted octanol–water partition coefficient (Wildman–Crippen LogP) is 2.96. The molecule has 0 radical (unpaired) electrons. The van der Waals surface area contributed by atoms with Crippen LogP contribution in [0, 0.1) is 5.82 Å². The van der Waals surface area contributed by atoms with E-state index in [1.54, 1.807) is 6.07 Å². The number of carbonyl (C=O) groups is 1. The molecule has 1 heterocycles. The Kier molecular flexibility index (Phi) is 5.11. The molecule has 2 rings (SSSR count). The highest BCUT2D eigenvalue weighted by Gasteiger charge is 2.52. The van der Waals surface area contributed by atoms with Gasteiger partial charge in [-0.15, -0.1) is 0 Å². The van der Waals surface area contributed by atoms with E-state index in [1.165, 1.54) is 12.1 Å². The minimum Gasteiger partial charge on any atom is -0.399 e. The molecule has 1 aliphatic heterocycles. The van der Waals surface area contributed by atoms with Gasteiger partial charge in [0.15, 0.2) is 0 Å². The fourth-order valence-corrected chi connectivity index (χ4v) is 1.78. The van der Waals surface area contributed by atoms with Gasteiger partial charge in [0.2, 0.25) is 0 Å². The molecule has 0 spiro atoms. The Bertz CT molecular complexity index is 470. The predicted molar refractivity (Wildman–Crippen MR) is 78.9 cm³/mol. The minimum absolute atomic E-state index is 0.299. The summed E-state index contributed by atoms with van der Waals surface area (Å²) in [5.41, 5.74) is -0.395. The number of halogens is 1. The molecule has 1 saturated heterocycles. The second-order valence-corrected chi connectivity index (χ2v) is 5.49. The molecule has 0 saturated carbocycles. The summed E-state index contributed by atoms with van der Waals surface area (Å²) in [4.78, 5) is 10.6. The highest BCUT2D eigenvalue weighted by atomic mass is 19.1. The number of aldehydes is 1. The van der Waals surface area contributed by atoms with Crippen LogP contribution >= 0.6 is 0 Å². The van der Waals surface area contributed by atoms with Crippen molar-refractivity contribution in [2.45, 2.75) is 52.7 Å². The van der Waals surface area contributed by atoms with E-state index >= 15 is 0 Å². The third-order valence-corrected chi connectivity index (χ3v) is 3.67. The first-order valence-electron chi connectivity index (χ1n) is 6.87. The Morgan fingerprint density at radius 2 is 1.60 bits per heavy atom. The van der Waals surface area contributed by atoms with E-state index in [9.17, 15) is 9.18 Å². The molecule has 1 aliphatic rings. The number of rotatable bonds is 2. The van der Waals surface area contributed by atoms with Gasteiger partial charge in [-0.3, -0.25) is 4.79 Å². The Labute approximate surface area is 120 Å². The van der Waals surface area contributed by atoms with Gasteiger partial charge in [-0.1, -0.05) is 26.0 Å². The Morgan fingerprint density at radius 3 is 2.00 bits per heavy atom. The molecule has 0 aliphatic carbocycles. The maximum atomic E-state index is 13.9. The van der Waals surface area contributed by atoms with Crippen molar-refractivity contribution in [3.05, 3.63) is 29.6 Å². The van der Waals surface area contributed by atoms with Gasteiger partial charge in [0.25, 0.3) is 0 Å². The number of hydrogen-bond acceptors (Lipinski definition) is 3. The summed E-state index contributed by atoms with van der Waals surface area (Å²) < 4.78 is 25.4. The lowest BCUT2D eigenvalue weighted by Gasteiger charge is -2.32. The molecule has 1 fully saturated rings. The highest BCUT2D eigenvalue weighted by Crippen LogP contribution is 2.36. The van der Waals surface area contributed by atoms with Crippen molar-refractivity contribution in [3.63, 3.8) is 0 Å². The average molecular weight is 280 g/mol. The lowest BCUT2D eigenvalue weighted by Crippen LogP contribution is -2.41. The van der Waals surface area contributed by atoms with E-state index in [0.29, 0.717) is 17.3 Å². The summed E-state index contributed by atoms with van der Waals surface area (Å²) in [6.07, 6.45) is 0.608. The molecule has 110 valence electrons. The van der Waals surface area contributed by atoms with Gasteiger partial charge < -0.3 is 9.31 Å². The van der Waals surface area contributed by atoms with Crippen molar-refractivity contribution in [1.82, 2.24) is 0 Å². The van der Waals surface area contributed by atoms with Gasteiger partial charge in [0.1, 0.15) is 12.1 Å². The smallest absolute Gasteiger partial charge is 0.399 e. The van der Waals surface area contributed by atoms with Crippen LogP contribution in [0.3, 0.4) is 0 Å². The molecule has 5 heteroatoms. The molecular weight excluding hydrogens is 258 g/mol. The molecule has 0 unspecified atom stereocenters. The van der Waals surface area contributed by atoms with E-state index in [-0.39, 0.29) is 0 Å². The van der Waals surface area contributed by atoms with Crippen LogP contribution in [0.5, 0.6) is 0 Å². The topological polar surface area (TPSA) is 35.5 Å². The van der Waals surface area contributed by atoms with E-state index in [1.807, 2.05) is 41.5 Å². The Hall–Kier alpha value is -1.20. The fourth-order valence-electron chi connectivity index (χ4n) is 1.78. The van der Waals surface area contributed by atoms with Crippen LogP contribution in [-0.4, -0.2) is 24.6 Å². The number of benzene rings is 1. The van der Waals surface area contributed by atoms with E-state index in [0.717, 1.165) is 0 Å². The normalized spacial score (nSPS) is 19.2. The zero-order valence-corrected chi connectivity index (χ0v) is 13.0. The molecule has 0 bridgehead atoms. The van der Waals surface area contributed by atoms with Gasteiger partial charge >= 0.3 is 7.12 Å². The van der Waals surface area contributed by atoms with Crippen molar-refractivity contribution < 1.29 is 18.5 Å². The molecule has 3 nitrogen and oxygen atoms in total. The van der Waals surface area contributed by atoms with Crippen LogP contribution in [0.25, 0.3) is 0 Å². The van der Waals surface area contributed by atoms with Gasteiger partial charge in [0, 0.05) is 11.0 Å².